The van der Waals surface area contributed by atoms with Crippen molar-refractivity contribution in [2.75, 3.05) is 0 Å². The minimum Gasteiger partial charge on any atom is -0.507 e. The number of phenolic OH excluding ortho intramolecular Hbond substituents is 1. The molecule has 6 heteroatoms. The quantitative estimate of drug-likeness (QED) is 0.675. The summed E-state index contributed by atoms with van der Waals surface area (Å²) in [4.78, 5) is 10.2. The SMILES string of the molecule is CC/C=C\c1cc(N=O)ccc1O.Cc1ccc(C(F)(F)F)cc1. The Morgan fingerprint density at radius 3 is 2.25 bits per heavy atom. The van der Waals surface area contributed by atoms with Crippen LogP contribution in [0, 0.1) is 11.8 Å². The molecule has 1 N–H and O–H groups in total. The molecule has 0 spiro atoms. The smallest absolute Gasteiger partial charge is 0.416 e. The molecule has 0 unspecified atom stereocenters. The Morgan fingerprint density at radius 2 is 1.75 bits per heavy atom. The highest BCUT2D eigenvalue weighted by molar-refractivity contribution is 5.61. The Kier molecular flexibility index (Phi) is 7.17. The zero-order valence-corrected chi connectivity index (χ0v) is 13.3. The van der Waals surface area contributed by atoms with Gasteiger partial charge in [0.25, 0.3) is 0 Å². The standard InChI is InChI=1S/C10H11NO2.C8H7F3/c1-2-3-4-8-7-9(11-13)5-6-10(8)12;1-6-2-4-7(5-3-6)8(9,10)11/h3-7,12H,2H2,1H3;2-5H,1H3/b4-3-;. The fourth-order valence-corrected chi connectivity index (χ4v) is 1.72. The van der Waals surface area contributed by atoms with Crippen LogP contribution in [0.2, 0.25) is 0 Å². The van der Waals surface area contributed by atoms with Crippen molar-refractivity contribution in [3.63, 3.8) is 0 Å². The number of phenols is 1. The number of hydrogen-bond donors (Lipinski definition) is 1. The number of nitrogens with zero attached hydrogens (tertiary/aromatic N) is 1. The number of nitroso groups, excluding NO2 is 1. The van der Waals surface area contributed by atoms with Crippen molar-refractivity contribution in [1.82, 2.24) is 0 Å². The Labute approximate surface area is 138 Å². The first-order valence-electron chi connectivity index (χ1n) is 7.24. The molecule has 3 nitrogen and oxygen atoms in total. The summed E-state index contributed by atoms with van der Waals surface area (Å²) >= 11 is 0. The first kappa shape index (κ1) is 19.4. The zero-order valence-electron chi connectivity index (χ0n) is 13.3. The van der Waals surface area contributed by atoms with E-state index in [1.165, 1.54) is 24.3 Å². The number of benzene rings is 2. The van der Waals surface area contributed by atoms with Gasteiger partial charge in [-0.1, -0.05) is 36.8 Å². The second-order valence-electron chi connectivity index (χ2n) is 5.01. The third-order valence-corrected chi connectivity index (χ3v) is 3.03. The van der Waals surface area contributed by atoms with E-state index in [2.05, 4.69) is 5.18 Å². The number of aromatic hydroxyl groups is 1. The predicted octanol–water partition coefficient (Wildman–Crippen LogP) is 6.23. The molecular formula is C18H18F3NO2. The van der Waals surface area contributed by atoms with Crippen LogP contribution in [0.3, 0.4) is 0 Å². The highest BCUT2D eigenvalue weighted by Gasteiger charge is 2.29. The Morgan fingerprint density at radius 1 is 1.12 bits per heavy atom. The monoisotopic (exact) mass is 337 g/mol. The normalized spacial score (nSPS) is 11.0. The molecule has 0 aliphatic rings. The van der Waals surface area contributed by atoms with Crippen molar-refractivity contribution in [2.24, 2.45) is 5.18 Å². The van der Waals surface area contributed by atoms with Crippen LogP contribution >= 0.6 is 0 Å². The summed E-state index contributed by atoms with van der Waals surface area (Å²) in [5.74, 6) is 0.164. The van der Waals surface area contributed by atoms with Crippen molar-refractivity contribution >= 4 is 11.8 Å². The lowest BCUT2D eigenvalue weighted by molar-refractivity contribution is -0.137. The van der Waals surface area contributed by atoms with Gasteiger partial charge >= 0.3 is 6.18 Å². The first-order chi connectivity index (χ1) is 11.3. The van der Waals surface area contributed by atoms with Crippen molar-refractivity contribution in [3.8, 4) is 5.75 Å². The fourth-order valence-electron chi connectivity index (χ4n) is 1.72. The molecule has 2 aromatic carbocycles. The van der Waals surface area contributed by atoms with Gasteiger partial charge in [0.15, 0.2) is 0 Å². The molecule has 24 heavy (non-hydrogen) atoms. The summed E-state index contributed by atoms with van der Waals surface area (Å²) in [6.07, 6.45) is 0.347. The van der Waals surface area contributed by atoms with Crippen LogP contribution in [0.15, 0.2) is 53.7 Å². The molecule has 0 atom stereocenters. The molecule has 0 aliphatic heterocycles. The van der Waals surface area contributed by atoms with E-state index < -0.39 is 11.7 Å². The molecule has 0 bridgehead atoms. The molecule has 2 rings (SSSR count). The van der Waals surface area contributed by atoms with Gasteiger partial charge in [-0.15, -0.1) is 4.91 Å². The molecular weight excluding hydrogens is 319 g/mol. The molecule has 0 fully saturated rings. The molecule has 0 heterocycles. The topological polar surface area (TPSA) is 49.7 Å². The highest BCUT2D eigenvalue weighted by atomic mass is 19.4. The minimum atomic E-state index is -4.21. The van der Waals surface area contributed by atoms with Gasteiger partial charge in [-0.2, -0.15) is 13.2 Å². The van der Waals surface area contributed by atoms with Gasteiger partial charge in [0, 0.05) is 5.56 Å². The molecule has 2 aromatic rings. The van der Waals surface area contributed by atoms with Gasteiger partial charge in [0.2, 0.25) is 0 Å². The van der Waals surface area contributed by atoms with Gasteiger partial charge in [-0.25, -0.2) is 0 Å². The van der Waals surface area contributed by atoms with Crippen LogP contribution in [0.4, 0.5) is 18.9 Å². The minimum absolute atomic E-state index is 0.164. The van der Waals surface area contributed by atoms with Crippen LogP contribution in [0.5, 0.6) is 5.75 Å². The van der Waals surface area contributed by atoms with E-state index in [0.29, 0.717) is 11.3 Å². The van der Waals surface area contributed by atoms with Crippen LogP contribution in [-0.2, 0) is 6.18 Å². The Bertz CT molecular complexity index is 692. The lowest BCUT2D eigenvalue weighted by Crippen LogP contribution is -2.03. The molecule has 0 saturated heterocycles. The van der Waals surface area contributed by atoms with Crippen molar-refractivity contribution < 1.29 is 18.3 Å². The van der Waals surface area contributed by atoms with Crippen LogP contribution in [-0.4, -0.2) is 5.11 Å². The summed E-state index contributed by atoms with van der Waals surface area (Å²) in [6, 6.07) is 9.54. The van der Waals surface area contributed by atoms with Gasteiger partial charge in [-0.05, 0) is 48.9 Å². The van der Waals surface area contributed by atoms with Crippen molar-refractivity contribution in [3.05, 3.63) is 70.1 Å². The summed E-state index contributed by atoms with van der Waals surface area (Å²) in [5, 5.41) is 12.1. The van der Waals surface area contributed by atoms with Gasteiger partial charge in [-0.3, -0.25) is 0 Å². The maximum atomic E-state index is 11.9. The number of allylic oxidation sites excluding steroid dienone is 1. The zero-order chi connectivity index (χ0) is 18.2. The first-order valence-corrected chi connectivity index (χ1v) is 7.24. The number of rotatable bonds is 3. The number of hydrogen-bond acceptors (Lipinski definition) is 3. The summed E-state index contributed by atoms with van der Waals surface area (Å²) < 4.78 is 35.8. The van der Waals surface area contributed by atoms with E-state index in [9.17, 15) is 23.2 Å². The van der Waals surface area contributed by atoms with E-state index in [4.69, 9.17) is 0 Å². The second-order valence-corrected chi connectivity index (χ2v) is 5.01. The highest BCUT2D eigenvalue weighted by Crippen LogP contribution is 2.28. The van der Waals surface area contributed by atoms with Crippen molar-refractivity contribution in [1.29, 1.82) is 0 Å². The Hall–Kier alpha value is -2.63. The number of alkyl halides is 3. The van der Waals surface area contributed by atoms with Crippen LogP contribution in [0.1, 0.15) is 30.0 Å². The number of aryl methyl sites for hydroxylation is 1. The van der Waals surface area contributed by atoms with Gasteiger partial charge in [0.1, 0.15) is 11.4 Å². The molecule has 0 radical (unpaired) electrons. The lowest BCUT2D eigenvalue weighted by Gasteiger charge is -2.05. The Balaban J connectivity index is 0.000000243. The number of halogens is 3. The summed E-state index contributed by atoms with van der Waals surface area (Å²) in [6.45, 7) is 3.75. The maximum absolute atomic E-state index is 11.9. The predicted molar refractivity (Wildman–Crippen MR) is 89.1 cm³/mol. The molecule has 0 amide bonds. The third kappa shape index (κ3) is 6.24. The summed E-state index contributed by atoms with van der Waals surface area (Å²) in [5.41, 5.74) is 1.19. The summed E-state index contributed by atoms with van der Waals surface area (Å²) in [7, 11) is 0. The average molecular weight is 337 g/mol. The van der Waals surface area contributed by atoms with Crippen LogP contribution in [0.25, 0.3) is 6.08 Å². The molecule has 0 saturated carbocycles. The largest absolute Gasteiger partial charge is 0.507 e. The van der Waals surface area contributed by atoms with E-state index in [1.54, 1.807) is 19.1 Å². The van der Waals surface area contributed by atoms with E-state index >= 15 is 0 Å². The van der Waals surface area contributed by atoms with Gasteiger partial charge < -0.3 is 5.11 Å². The average Bonchev–Trinajstić information content (AvgIpc) is 2.54. The van der Waals surface area contributed by atoms with E-state index in [1.807, 2.05) is 13.0 Å². The van der Waals surface area contributed by atoms with Crippen molar-refractivity contribution in [2.45, 2.75) is 26.4 Å². The molecule has 128 valence electrons. The molecule has 0 aliphatic carbocycles. The second kappa shape index (κ2) is 8.86. The van der Waals surface area contributed by atoms with Gasteiger partial charge in [0.05, 0.1) is 5.56 Å². The maximum Gasteiger partial charge on any atom is 0.416 e. The third-order valence-electron chi connectivity index (χ3n) is 3.03. The lowest BCUT2D eigenvalue weighted by atomic mass is 10.1. The van der Waals surface area contributed by atoms with E-state index in [-0.39, 0.29) is 5.75 Å². The molecule has 0 aromatic heterocycles. The fraction of sp³-hybridized carbons (Fsp3) is 0.222. The van der Waals surface area contributed by atoms with E-state index in [0.717, 1.165) is 24.1 Å². The van der Waals surface area contributed by atoms with Crippen LogP contribution < -0.4 is 0 Å².